The van der Waals surface area contributed by atoms with E-state index in [2.05, 4.69) is 40.4 Å². The molecule has 3 aromatic rings. The first-order valence-electron chi connectivity index (χ1n) is 7.43. The molecular weight excluding hydrogens is 274 g/mol. The predicted octanol–water partition coefficient (Wildman–Crippen LogP) is 3.39. The monoisotopic (exact) mass is 291 g/mol. The Balaban J connectivity index is 1.84. The SMILES string of the molecule is Cc1ccc2c(n1)CCOc1cc(-c3cnn(C)c3)ccc1-2. The molecule has 0 spiro atoms. The fourth-order valence-electron chi connectivity index (χ4n) is 2.92. The van der Waals surface area contributed by atoms with E-state index in [0.29, 0.717) is 6.61 Å². The second-order valence-electron chi connectivity index (χ2n) is 5.66. The van der Waals surface area contributed by atoms with E-state index < -0.39 is 0 Å². The van der Waals surface area contributed by atoms with Crippen LogP contribution < -0.4 is 4.74 Å². The van der Waals surface area contributed by atoms with Gasteiger partial charge in [-0.1, -0.05) is 12.1 Å². The molecule has 0 radical (unpaired) electrons. The molecule has 0 saturated carbocycles. The van der Waals surface area contributed by atoms with Gasteiger partial charge in [-0.25, -0.2) is 0 Å². The van der Waals surface area contributed by atoms with Crippen LogP contribution in [0.5, 0.6) is 5.75 Å². The molecule has 0 saturated heterocycles. The first-order valence-corrected chi connectivity index (χ1v) is 7.43. The summed E-state index contributed by atoms with van der Waals surface area (Å²) >= 11 is 0. The summed E-state index contributed by atoms with van der Waals surface area (Å²) in [4.78, 5) is 4.66. The van der Waals surface area contributed by atoms with Crippen molar-refractivity contribution in [2.45, 2.75) is 13.3 Å². The third kappa shape index (κ3) is 2.17. The number of hydrogen-bond acceptors (Lipinski definition) is 3. The Morgan fingerprint density at radius 2 is 1.95 bits per heavy atom. The second-order valence-corrected chi connectivity index (χ2v) is 5.66. The highest BCUT2D eigenvalue weighted by Gasteiger charge is 2.17. The fourth-order valence-corrected chi connectivity index (χ4v) is 2.92. The number of fused-ring (bicyclic) bond motifs is 3. The van der Waals surface area contributed by atoms with Gasteiger partial charge in [0, 0.05) is 42.0 Å². The fraction of sp³-hybridized carbons (Fsp3) is 0.222. The zero-order chi connectivity index (χ0) is 15.1. The Kier molecular flexibility index (Phi) is 2.96. The number of aryl methyl sites for hydroxylation is 2. The Hall–Kier alpha value is -2.62. The average Bonchev–Trinajstić information content (AvgIpc) is 2.86. The zero-order valence-corrected chi connectivity index (χ0v) is 12.7. The first kappa shape index (κ1) is 13.1. The standard InChI is InChI=1S/C18H17N3O/c1-12-3-5-15-16-6-4-13(14-10-19-21(2)11-14)9-18(16)22-8-7-17(15)20-12/h3-6,9-11H,7-8H2,1-2H3. The van der Waals surface area contributed by atoms with Crippen molar-refractivity contribution < 1.29 is 4.74 Å². The van der Waals surface area contributed by atoms with E-state index in [1.807, 2.05) is 31.0 Å². The molecule has 3 heterocycles. The topological polar surface area (TPSA) is 39.9 Å². The molecule has 2 aromatic heterocycles. The molecule has 4 nitrogen and oxygen atoms in total. The lowest BCUT2D eigenvalue weighted by Crippen LogP contribution is -2.01. The van der Waals surface area contributed by atoms with Crippen LogP contribution in [0.2, 0.25) is 0 Å². The molecule has 22 heavy (non-hydrogen) atoms. The number of rotatable bonds is 1. The summed E-state index contributed by atoms with van der Waals surface area (Å²) < 4.78 is 7.78. The lowest BCUT2D eigenvalue weighted by Gasteiger charge is -2.10. The summed E-state index contributed by atoms with van der Waals surface area (Å²) in [5, 5.41) is 4.24. The number of nitrogens with zero attached hydrogens (tertiary/aromatic N) is 3. The van der Waals surface area contributed by atoms with E-state index in [0.717, 1.165) is 40.2 Å². The number of aromatic nitrogens is 3. The Morgan fingerprint density at radius 1 is 1.09 bits per heavy atom. The third-order valence-electron chi connectivity index (χ3n) is 4.02. The molecule has 4 rings (SSSR count). The molecule has 1 aliphatic heterocycles. The molecule has 0 fully saturated rings. The van der Waals surface area contributed by atoms with Crippen molar-refractivity contribution in [2.24, 2.45) is 7.05 Å². The molecule has 0 bridgehead atoms. The van der Waals surface area contributed by atoms with E-state index in [1.165, 1.54) is 5.56 Å². The summed E-state index contributed by atoms with van der Waals surface area (Å²) in [7, 11) is 1.92. The maximum absolute atomic E-state index is 5.97. The summed E-state index contributed by atoms with van der Waals surface area (Å²) in [6, 6.07) is 10.5. The van der Waals surface area contributed by atoms with Crippen LogP contribution in [-0.2, 0) is 13.5 Å². The minimum atomic E-state index is 0.660. The van der Waals surface area contributed by atoms with Crippen molar-refractivity contribution in [3.05, 3.63) is 54.1 Å². The van der Waals surface area contributed by atoms with Gasteiger partial charge in [0.15, 0.2) is 0 Å². The average molecular weight is 291 g/mol. The van der Waals surface area contributed by atoms with Crippen LogP contribution >= 0.6 is 0 Å². The van der Waals surface area contributed by atoms with Crippen LogP contribution in [0, 0.1) is 6.92 Å². The normalized spacial score (nSPS) is 13.0. The highest BCUT2D eigenvalue weighted by atomic mass is 16.5. The van der Waals surface area contributed by atoms with Gasteiger partial charge >= 0.3 is 0 Å². The van der Waals surface area contributed by atoms with Crippen molar-refractivity contribution >= 4 is 0 Å². The highest BCUT2D eigenvalue weighted by molar-refractivity contribution is 5.77. The Labute approximate surface area is 129 Å². The van der Waals surface area contributed by atoms with Crippen molar-refractivity contribution in [1.29, 1.82) is 0 Å². The number of benzene rings is 1. The van der Waals surface area contributed by atoms with Crippen LogP contribution in [0.1, 0.15) is 11.4 Å². The molecule has 0 atom stereocenters. The van der Waals surface area contributed by atoms with Gasteiger partial charge in [-0.05, 0) is 30.7 Å². The van der Waals surface area contributed by atoms with Gasteiger partial charge in [0.1, 0.15) is 5.75 Å². The maximum Gasteiger partial charge on any atom is 0.127 e. The lowest BCUT2D eigenvalue weighted by atomic mass is 9.99. The smallest absolute Gasteiger partial charge is 0.127 e. The molecule has 0 amide bonds. The minimum absolute atomic E-state index is 0.660. The second kappa shape index (κ2) is 4.98. The van der Waals surface area contributed by atoms with Gasteiger partial charge in [-0.3, -0.25) is 9.67 Å². The van der Waals surface area contributed by atoms with E-state index in [-0.39, 0.29) is 0 Å². The Bertz CT molecular complexity index is 851. The van der Waals surface area contributed by atoms with Crippen molar-refractivity contribution in [3.63, 3.8) is 0 Å². The predicted molar refractivity (Wildman–Crippen MR) is 85.8 cm³/mol. The largest absolute Gasteiger partial charge is 0.493 e. The van der Waals surface area contributed by atoms with Crippen molar-refractivity contribution in [1.82, 2.24) is 14.8 Å². The maximum atomic E-state index is 5.97. The first-order chi connectivity index (χ1) is 10.7. The van der Waals surface area contributed by atoms with Crippen LogP contribution in [0.3, 0.4) is 0 Å². The van der Waals surface area contributed by atoms with E-state index in [9.17, 15) is 0 Å². The van der Waals surface area contributed by atoms with E-state index >= 15 is 0 Å². The minimum Gasteiger partial charge on any atom is -0.493 e. The number of pyridine rings is 1. The molecular formula is C18H17N3O. The lowest BCUT2D eigenvalue weighted by molar-refractivity contribution is 0.325. The molecule has 0 unspecified atom stereocenters. The quantitative estimate of drug-likeness (QED) is 0.690. The number of ether oxygens (including phenoxy) is 1. The van der Waals surface area contributed by atoms with E-state index in [4.69, 9.17) is 4.74 Å². The molecule has 1 aromatic carbocycles. The summed E-state index contributed by atoms with van der Waals surface area (Å²) in [6.07, 6.45) is 4.72. The molecule has 4 heteroatoms. The van der Waals surface area contributed by atoms with E-state index in [1.54, 1.807) is 0 Å². The highest BCUT2D eigenvalue weighted by Crippen LogP contribution is 2.37. The molecule has 0 aliphatic carbocycles. The summed E-state index contributed by atoms with van der Waals surface area (Å²) in [5.41, 5.74) is 6.68. The molecule has 0 N–H and O–H groups in total. The van der Waals surface area contributed by atoms with Crippen LogP contribution in [0.25, 0.3) is 22.3 Å². The zero-order valence-electron chi connectivity index (χ0n) is 12.7. The van der Waals surface area contributed by atoms with Crippen LogP contribution in [0.4, 0.5) is 0 Å². The molecule has 110 valence electrons. The van der Waals surface area contributed by atoms with Crippen LogP contribution in [-0.4, -0.2) is 21.4 Å². The van der Waals surface area contributed by atoms with Crippen molar-refractivity contribution in [2.75, 3.05) is 6.61 Å². The Morgan fingerprint density at radius 3 is 2.77 bits per heavy atom. The van der Waals surface area contributed by atoms with Crippen LogP contribution in [0.15, 0.2) is 42.7 Å². The van der Waals surface area contributed by atoms with Gasteiger partial charge in [-0.2, -0.15) is 5.10 Å². The summed E-state index contributed by atoms with van der Waals surface area (Å²) in [6.45, 7) is 2.69. The van der Waals surface area contributed by atoms with Gasteiger partial charge in [0.05, 0.1) is 18.5 Å². The van der Waals surface area contributed by atoms with Gasteiger partial charge in [-0.15, -0.1) is 0 Å². The third-order valence-corrected chi connectivity index (χ3v) is 4.02. The van der Waals surface area contributed by atoms with Gasteiger partial charge < -0.3 is 4.74 Å². The van der Waals surface area contributed by atoms with Gasteiger partial charge in [0.25, 0.3) is 0 Å². The number of hydrogen-bond donors (Lipinski definition) is 0. The van der Waals surface area contributed by atoms with Gasteiger partial charge in [0.2, 0.25) is 0 Å². The molecule has 1 aliphatic rings. The summed E-state index contributed by atoms with van der Waals surface area (Å²) in [5.74, 6) is 0.922. The van der Waals surface area contributed by atoms with Crippen molar-refractivity contribution in [3.8, 4) is 28.0 Å².